The molecule has 0 spiro atoms. The molecular weight excluding hydrogens is 269 g/mol. The van der Waals surface area contributed by atoms with Crippen molar-refractivity contribution in [1.29, 1.82) is 0 Å². The Morgan fingerprint density at radius 3 is 3.00 bits per heavy atom. The van der Waals surface area contributed by atoms with Crippen molar-refractivity contribution in [2.45, 2.75) is 31.9 Å². The van der Waals surface area contributed by atoms with Gasteiger partial charge >= 0.3 is 0 Å². The van der Waals surface area contributed by atoms with Crippen LogP contribution in [-0.2, 0) is 9.26 Å². The molecule has 1 unspecified atom stereocenters. The van der Waals surface area contributed by atoms with E-state index in [0.29, 0.717) is 6.04 Å². The van der Waals surface area contributed by atoms with Crippen molar-refractivity contribution in [3.8, 4) is 0 Å². The molecule has 0 N–H and O–H groups in total. The lowest BCUT2D eigenvalue weighted by Crippen LogP contribution is -2.28. The zero-order valence-corrected chi connectivity index (χ0v) is 12.5. The zero-order valence-electron chi connectivity index (χ0n) is 10.8. The molecule has 2 heterocycles. The first-order valence-electron chi connectivity index (χ1n) is 6.13. The van der Waals surface area contributed by atoms with Crippen molar-refractivity contribution in [3.05, 3.63) is 36.1 Å². The molecule has 2 saturated heterocycles. The Kier molecular flexibility index (Phi) is 4.85. The standard InChI is InChI=1S/C13H19ClNO2P/c1-4-11(16-3)8-7-10(2)13-12-6-5-9-15(12)18(14)17-13/h4,7-8,12-13H,2,5-6,9H2,1,3H3/b8-7-,11-4+/t12-,13+,18?/m0/s1. The summed E-state index contributed by atoms with van der Waals surface area (Å²) in [6.07, 6.45) is 8.16. The van der Waals surface area contributed by atoms with E-state index >= 15 is 0 Å². The van der Waals surface area contributed by atoms with E-state index in [1.165, 1.54) is 6.42 Å². The smallest absolute Gasteiger partial charge is 0.207 e. The first-order valence-corrected chi connectivity index (χ1v) is 8.25. The van der Waals surface area contributed by atoms with E-state index in [4.69, 9.17) is 20.5 Å². The SMILES string of the molecule is C=C(/C=C\C(=C/C)OC)[C@H]1OP(Cl)N2CCC[C@@H]12. The lowest BCUT2D eigenvalue weighted by Gasteiger charge is -2.17. The summed E-state index contributed by atoms with van der Waals surface area (Å²) in [5.74, 6) is 0.825. The Morgan fingerprint density at radius 2 is 2.33 bits per heavy atom. The third kappa shape index (κ3) is 2.80. The summed E-state index contributed by atoms with van der Waals surface area (Å²) in [5, 5.41) is 0. The van der Waals surface area contributed by atoms with Crippen LogP contribution in [0.3, 0.4) is 0 Å². The second kappa shape index (κ2) is 6.21. The van der Waals surface area contributed by atoms with Crippen LogP contribution in [0.4, 0.5) is 0 Å². The predicted molar refractivity (Wildman–Crippen MR) is 76.4 cm³/mol. The largest absolute Gasteiger partial charge is 0.497 e. The molecule has 2 fully saturated rings. The highest BCUT2D eigenvalue weighted by Crippen LogP contribution is 2.59. The Labute approximate surface area is 115 Å². The van der Waals surface area contributed by atoms with Crippen molar-refractivity contribution >= 4 is 18.9 Å². The van der Waals surface area contributed by atoms with Crippen LogP contribution in [0, 0.1) is 0 Å². The molecule has 0 aromatic rings. The molecule has 0 saturated carbocycles. The average molecular weight is 288 g/mol. The van der Waals surface area contributed by atoms with Crippen LogP contribution in [0.1, 0.15) is 19.8 Å². The van der Waals surface area contributed by atoms with Crippen molar-refractivity contribution < 1.29 is 9.26 Å². The van der Waals surface area contributed by atoms with Crippen LogP contribution in [0.25, 0.3) is 0 Å². The van der Waals surface area contributed by atoms with Gasteiger partial charge in [0.05, 0.1) is 7.11 Å². The van der Waals surface area contributed by atoms with Gasteiger partial charge in [-0.1, -0.05) is 12.7 Å². The minimum Gasteiger partial charge on any atom is -0.497 e. The molecule has 2 aliphatic heterocycles. The van der Waals surface area contributed by atoms with Gasteiger partial charge in [-0.2, -0.15) is 0 Å². The predicted octanol–water partition coefficient (Wildman–Crippen LogP) is 3.98. The van der Waals surface area contributed by atoms with Gasteiger partial charge in [0.2, 0.25) is 7.65 Å². The first-order chi connectivity index (χ1) is 8.67. The maximum absolute atomic E-state index is 6.24. The fourth-order valence-corrected chi connectivity index (χ4v) is 4.56. The van der Waals surface area contributed by atoms with E-state index < -0.39 is 7.65 Å². The van der Waals surface area contributed by atoms with E-state index in [-0.39, 0.29) is 6.10 Å². The van der Waals surface area contributed by atoms with Gasteiger partial charge < -0.3 is 9.26 Å². The molecule has 0 aliphatic carbocycles. The Hall–Kier alpha value is -0.340. The summed E-state index contributed by atoms with van der Waals surface area (Å²) in [6.45, 7) is 7.09. The zero-order chi connectivity index (χ0) is 13.1. The summed E-state index contributed by atoms with van der Waals surface area (Å²) >= 11 is 6.24. The minimum absolute atomic E-state index is 0.0299. The van der Waals surface area contributed by atoms with Gasteiger partial charge in [-0.25, -0.2) is 4.67 Å². The third-order valence-corrected chi connectivity index (χ3v) is 5.49. The molecule has 3 nitrogen and oxygen atoms in total. The summed E-state index contributed by atoms with van der Waals surface area (Å²) in [7, 11) is 0.712. The molecular formula is C13H19ClNO2P. The molecule has 100 valence electrons. The Balaban J connectivity index is 2.02. The monoisotopic (exact) mass is 287 g/mol. The van der Waals surface area contributed by atoms with Gasteiger partial charge in [-0.05, 0) is 48.7 Å². The molecule has 3 atom stereocenters. The molecule has 0 aromatic heterocycles. The Bertz CT molecular complexity index is 383. The molecule has 18 heavy (non-hydrogen) atoms. The van der Waals surface area contributed by atoms with Crippen molar-refractivity contribution in [2.24, 2.45) is 0 Å². The van der Waals surface area contributed by atoms with Gasteiger partial charge in [0.25, 0.3) is 0 Å². The third-order valence-electron chi connectivity index (χ3n) is 3.37. The van der Waals surface area contributed by atoms with Gasteiger partial charge in [0, 0.05) is 12.6 Å². The number of allylic oxidation sites excluding steroid dienone is 2. The first kappa shape index (κ1) is 14.1. The molecule has 2 aliphatic rings. The molecule has 5 heteroatoms. The average Bonchev–Trinajstić information content (AvgIpc) is 2.95. The summed E-state index contributed by atoms with van der Waals surface area (Å²) < 4.78 is 13.3. The van der Waals surface area contributed by atoms with Crippen molar-refractivity contribution in [1.82, 2.24) is 4.67 Å². The summed E-state index contributed by atoms with van der Waals surface area (Å²) in [6, 6.07) is 0.405. The molecule has 0 amide bonds. The molecule has 0 aromatic carbocycles. The van der Waals surface area contributed by atoms with E-state index in [1.807, 2.05) is 25.2 Å². The van der Waals surface area contributed by atoms with Crippen molar-refractivity contribution in [3.63, 3.8) is 0 Å². The van der Waals surface area contributed by atoms with E-state index in [0.717, 1.165) is 24.3 Å². The fourth-order valence-electron chi connectivity index (χ4n) is 2.39. The van der Waals surface area contributed by atoms with Crippen LogP contribution in [-0.4, -0.2) is 30.5 Å². The lowest BCUT2D eigenvalue weighted by molar-refractivity contribution is 0.254. The van der Waals surface area contributed by atoms with E-state index in [2.05, 4.69) is 11.2 Å². The lowest BCUT2D eigenvalue weighted by atomic mass is 10.0. The fraction of sp³-hybridized carbons (Fsp3) is 0.538. The second-order valence-electron chi connectivity index (χ2n) is 4.43. The van der Waals surface area contributed by atoms with E-state index in [9.17, 15) is 0 Å². The highest BCUT2D eigenvalue weighted by molar-refractivity contribution is 7.78. The Morgan fingerprint density at radius 1 is 1.56 bits per heavy atom. The highest BCUT2D eigenvalue weighted by atomic mass is 35.7. The van der Waals surface area contributed by atoms with Gasteiger partial charge in [-0.3, -0.25) is 0 Å². The van der Waals surface area contributed by atoms with Crippen LogP contribution in [0.5, 0.6) is 0 Å². The number of methoxy groups -OCH3 is 1. The number of rotatable bonds is 4. The number of nitrogens with zero attached hydrogens (tertiary/aromatic N) is 1. The number of hydrogen-bond acceptors (Lipinski definition) is 3. The van der Waals surface area contributed by atoms with Gasteiger partial charge in [-0.15, -0.1) is 0 Å². The maximum atomic E-state index is 6.24. The van der Waals surface area contributed by atoms with E-state index in [1.54, 1.807) is 7.11 Å². The van der Waals surface area contributed by atoms with Gasteiger partial charge in [0.15, 0.2) is 0 Å². The maximum Gasteiger partial charge on any atom is 0.207 e. The highest BCUT2D eigenvalue weighted by Gasteiger charge is 2.45. The molecule has 0 radical (unpaired) electrons. The number of ether oxygens (including phenoxy) is 1. The number of hydrogen-bond donors (Lipinski definition) is 0. The van der Waals surface area contributed by atoms with Gasteiger partial charge in [0.1, 0.15) is 11.9 Å². The topological polar surface area (TPSA) is 21.7 Å². The second-order valence-corrected chi connectivity index (χ2v) is 6.47. The molecule has 2 rings (SSSR count). The number of halogens is 1. The summed E-state index contributed by atoms with van der Waals surface area (Å²) in [4.78, 5) is 0. The van der Waals surface area contributed by atoms with Crippen LogP contribution >= 0.6 is 18.9 Å². The van der Waals surface area contributed by atoms with Crippen LogP contribution in [0.15, 0.2) is 36.1 Å². The quantitative estimate of drug-likeness (QED) is 0.443. The summed E-state index contributed by atoms with van der Waals surface area (Å²) in [5.41, 5.74) is 0.967. The van der Waals surface area contributed by atoms with Crippen LogP contribution in [0.2, 0.25) is 0 Å². The molecule has 0 bridgehead atoms. The van der Waals surface area contributed by atoms with Crippen molar-refractivity contribution in [2.75, 3.05) is 13.7 Å². The number of fused-ring (bicyclic) bond motifs is 1. The minimum atomic E-state index is -0.945. The van der Waals surface area contributed by atoms with Crippen LogP contribution < -0.4 is 0 Å². The normalized spacial score (nSPS) is 33.1.